The monoisotopic (exact) mass is 375 g/mol. The first-order valence-electron chi connectivity index (χ1n) is 9.41. The van der Waals surface area contributed by atoms with Crippen molar-refractivity contribution in [3.8, 4) is 0 Å². The fourth-order valence-electron chi connectivity index (χ4n) is 3.82. The zero-order valence-corrected chi connectivity index (χ0v) is 15.9. The summed E-state index contributed by atoms with van der Waals surface area (Å²) in [6.45, 7) is 1.47. The van der Waals surface area contributed by atoms with Crippen molar-refractivity contribution in [1.29, 1.82) is 0 Å². The zero-order valence-electron chi connectivity index (χ0n) is 15.1. The van der Waals surface area contributed by atoms with Crippen LogP contribution >= 0.6 is 11.3 Å². The summed E-state index contributed by atoms with van der Waals surface area (Å²) in [6.07, 6.45) is 10.4. The Kier molecular flexibility index (Phi) is 4.33. The van der Waals surface area contributed by atoms with Crippen LogP contribution in [0.5, 0.6) is 0 Å². The maximum Gasteiger partial charge on any atom is 0.138 e. The molecule has 0 amide bonds. The van der Waals surface area contributed by atoms with Gasteiger partial charge >= 0.3 is 0 Å². The predicted molar refractivity (Wildman–Crippen MR) is 109 cm³/mol. The molecule has 3 aromatic heterocycles. The summed E-state index contributed by atoms with van der Waals surface area (Å²) >= 11 is 1.83. The van der Waals surface area contributed by atoms with Crippen molar-refractivity contribution in [2.45, 2.75) is 38.8 Å². The number of fused-ring (bicyclic) bond motifs is 3. The molecule has 4 aromatic rings. The zero-order chi connectivity index (χ0) is 18.1. The summed E-state index contributed by atoms with van der Waals surface area (Å²) in [5, 5.41) is 4.75. The molecule has 3 heterocycles. The lowest BCUT2D eigenvalue weighted by Crippen LogP contribution is -2.10. The van der Waals surface area contributed by atoms with Crippen LogP contribution in [0.4, 0.5) is 5.82 Å². The lowest BCUT2D eigenvalue weighted by Gasteiger charge is -2.13. The van der Waals surface area contributed by atoms with Crippen LogP contribution in [0, 0.1) is 0 Å². The van der Waals surface area contributed by atoms with Gasteiger partial charge in [0.25, 0.3) is 0 Å². The summed E-state index contributed by atoms with van der Waals surface area (Å²) in [6, 6.07) is 10.5. The molecule has 136 valence electrons. The highest BCUT2D eigenvalue weighted by atomic mass is 32.1. The molecule has 5 rings (SSSR count). The third kappa shape index (κ3) is 3.21. The molecule has 0 unspecified atom stereocenters. The number of aromatic nitrogens is 4. The van der Waals surface area contributed by atoms with Crippen LogP contribution in [0.25, 0.3) is 10.2 Å². The number of hydrogen-bond acceptors (Lipinski definition) is 5. The smallest absolute Gasteiger partial charge is 0.138 e. The number of rotatable bonds is 5. The number of aryl methyl sites for hydroxylation is 2. The van der Waals surface area contributed by atoms with E-state index < -0.39 is 0 Å². The Balaban J connectivity index is 1.40. The predicted octanol–water partition coefficient (Wildman–Crippen LogP) is 4.43. The fourth-order valence-corrected chi connectivity index (χ4v) is 5.05. The van der Waals surface area contributed by atoms with Crippen molar-refractivity contribution < 1.29 is 0 Å². The second-order valence-electron chi connectivity index (χ2n) is 6.92. The van der Waals surface area contributed by atoms with Gasteiger partial charge in [0.05, 0.1) is 11.9 Å². The molecule has 0 aliphatic heterocycles. The van der Waals surface area contributed by atoms with E-state index in [0.29, 0.717) is 6.54 Å². The molecule has 0 bridgehead atoms. The van der Waals surface area contributed by atoms with Crippen LogP contribution < -0.4 is 5.32 Å². The normalized spacial score (nSPS) is 13.6. The minimum Gasteiger partial charge on any atom is -0.362 e. The molecule has 0 fully saturated rings. The van der Waals surface area contributed by atoms with Gasteiger partial charge in [-0.15, -0.1) is 11.3 Å². The van der Waals surface area contributed by atoms with Gasteiger partial charge in [0.15, 0.2) is 0 Å². The molecule has 5 nitrogen and oxygen atoms in total. The number of benzene rings is 1. The number of thiophene rings is 1. The fraction of sp³-hybridized carbons (Fsp3) is 0.286. The molecule has 0 saturated heterocycles. The van der Waals surface area contributed by atoms with E-state index in [1.54, 1.807) is 6.33 Å². The van der Waals surface area contributed by atoms with E-state index in [4.69, 9.17) is 0 Å². The first-order valence-corrected chi connectivity index (χ1v) is 10.2. The molecule has 0 atom stereocenters. The number of nitrogens with one attached hydrogen (secondary N) is 1. The first kappa shape index (κ1) is 16.4. The molecular weight excluding hydrogens is 354 g/mol. The lowest BCUT2D eigenvalue weighted by atomic mass is 9.97. The van der Waals surface area contributed by atoms with Crippen molar-refractivity contribution >= 4 is 27.4 Å². The molecule has 6 heteroatoms. The average Bonchev–Trinajstić information content (AvgIpc) is 3.31. The van der Waals surface area contributed by atoms with Crippen LogP contribution in [0.15, 0.2) is 49.1 Å². The van der Waals surface area contributed by atoms with Crippen LogP contribution in [0.1, 0.15) is 34.7 Å². The van der Waals surface area contributed by atoms with Crippen molar-refractivity contribution in [2.24, 2.45) is 0 Å². The quantitative estimate of drug-likeness (QED) is 0.561. The topological polar surface area (TPSA) is 55.6 Å². The van der Waals surface area contributed by atoms with Gasteiger partial charge in [-0.25, -0.2) is 15.0 Å². The standard InChI is InChI=1S/C21H21N5S/c1-2-6-15(7-3-1)13-26-11-10-22-18(26)12-23-20-19-16-8-4-5-9-17(16)27-21(19)25-14-24-20/h1-3,6-7,10-11,14H,4-5,8-9,12-13H2,(H,23,24,25). The Bertz CT molecular complexity index is 1070. The highest BCUT2D eigenvalue weighted by Gasteiger charge is 2.19. The van der Waals surface area contributed by atoms with E-state index in [1.165, 1.54) is 40.7 Å². The van der Waals surface area contributed by atoms with Crippen molar-refractivity contribution in [1.82, 2.24) is 19.5 Å². The van der Waals surface area contributed by atoms with Gasteiger partial charge in [0.1, 0.15) is 22.8 Å². The van der Waals surface area contributed by atoms with E-state index in [1.807, 2.05) is 29.8 Å². The SMILES string of the molecule is c1ccc(Cn2ccnc2CNc2ncnc3sc4c(c23)CCCC4)cc1. The largest absolute Gasteiger partial charge is 0.362 e. The number of anilines is 1. The minimum absolute atomic E-state index is 0.649. The summed E-state index contributed by atoms with van der Waals surface area (Å²) < 4.78 is 2.18. The molecule has 27 heavy (non-hydrogen) atoms. The summed E-state index contributed by atoms with van der Waals surface area (Å²) in [7, 11) is 0. The second-order valence-corrected chi connectivity index (χ2v) is 8.01. The molecule has 0 saturated carbocycles. The second kappa shape index (κ2) is 7.12. The maximum absolute atomic E-state index is 4.55. The Hall–Kier alpha value is -2.73. The van der Waals surface area contributed by atoms with Crippen molar-refractivity contribution in [3.05, 3.63) is 70.9 Å². The van der Waals surface area contributed by atoms with E-state index in [0.717, 1.165) is 29.4 Å². The molecule has 1 aliphatic carbocycles. The van der Waals surface area contributed by atoms with Gasteiger partial charge in [-0.05, 0) is 36.8 Å². The minimum atomic E-state index is 0.649. The molecular formula is C21H21N5S. The van der Waals surface area contributed by atoms with Crippen LogP contribution in [-0.2, 0) is 25.9 Å². The number of nitrogens with zero attached hydrogens (tertiary/aromatic N) is 4. The van der Waals surface area contributed by atoms with Gasteiger partial charge in [0.2, 0.25) is 0 Å². The number of hydrogen-bond donors (Lipinski definition) is 1. The van der Waals surface area contributed by atoms with E-state index >= 15 is 0 Å². The molecule has 1 aromatic carbocycles. The Morgan fingerprint density at radius 2 is 1.93 bits per heavy atom. The third-order valence-electron chi connectivity index (χ3n) is 5.16. The van der Waals surface area contributed by atoms with Crippen LogP contribution in [0.3, 0.4) is 0 Å². The first-order chi connectivity index (χ1) is 13.4. The van der Waals surface area contributed by atoms with Gasteiger partial charge in [-0.3, -0.25) is 0 Å². The Morgan fingerprint density at radius 1 is 1.04 bits per heavy atom. The van der Waals surface area contributed by atoms with E-state index in [9.17, 15) is 0 Å². The van der Waals surface area contributed by atoms with Crippen molar-refractivity contribution in [3.63, 3.8) is 0 Å². The molecule has 0 spiro atoms. The Labute approximate surface area is 162 Å². The van der Waals surface area contributed by atoms with Crippen molar-refractivity contribution in [2.75, 3.05) is 5.32 Å². The molecule has 0 radical (unpaired) electrons. The summed E-state index contributed by atoms with van der Waals surface area (Å²) in [4.78, 5) is 16.2. The molecule has 1 aliphatic rings. The molecule has 1 N–H and O–H groups in total. The highest BCUT2D eigenvalue weighted by Crippen LogP contribution is 2.38. The summed E-state index contributed by atoms with van der Waals surface area (Å²) in [5.41, 5.74) is 2.73. The third-order valence-corrected chi connectivity index (χ3v) is 6.36. The number of imidazole rings is 1. The summed E-state index contributed by atoms with van der Waals surface area (Å²) in [5.74, 6) is 1.95. The van der Waals surface area contributed by atoms with Gasteiger partial charge in [-0.2, -0.15) is 0 Å². The maximum atomic E-state index is 4.55. The van der Waals surface area contributed by atoms with E-state index in [-0.39, 0.29) is 0 Å². The highest BCUT2D eigenvalue weighted by molar-refractivity contribution is 7.19. The lowest BCUT2D eigenvalue weighted by molar-refractivity contribution is 0.700. The Morgan fingerprint density at radius 3 is 2.85 bits per heavy atom. The average molecular weight is 376 g/mol. The van der Waals surface area contributed by atoms with Gasteiger partial charge in [-0.1, -0.05) is 30.3 Å². The van der Waals surface area contributed by atoms with Gasteiger partial charge in [0, 0.05) is 23.8 Å². The van der Waals surface area contributed by atoms with Crippen LogP contribution in [-0.4, -0.2) is 19.5 Å². The van der Waals surface area contributed by atoms with Crippen LogP contribution in [0.2, 0.25) is 0 Å². The van der Waals surface area contributed by atoms with E-state index in [2.05, 4.69) is 49.1 Å². The van der Waals surface area contributed by atoms with Gasteiger partial charge < -0.3 is 9.88 Å².